The number of hydrogen-bond donors (Lipinski definition) is 7. The predicted octanol–water partition coefficient (Wildman–Crippen LogP) is -0.330. The molecule has 2 amide bonds. The third kappa shape index (κ3) is 9.99. The maximum Gasteiger partial charge on any atom is 0.322 e. The van der Waals surface area contributed by atoms with Crippen LogP contribution in [0.25, 0.3) is 0 Å². The van der Waals surface area contributed by atoms with E-state index in [0.717, 1.165) is 31.0 Å². The number of carboxylic acid groups (broad SMARTS) is 2. The molecule has 13 nitrogen and oxygen atoms in total. The van der Waals surface area contributed by atoms with Gasteiger partial charge in [-0.05, 0) is 51.6 Å². The Kier molecular flexibility index (Phi) is 13.1. The van der Waals surface area contributed by atoms with Crippen molar-refractivity contribution in [2.24, 2.45) is 11.7 Å². The fourth-order valence-electron chi connectivity index (χ4n) is 5.25. The minimum absolute atomic E-state index is 0.0659. The van der Waals surface area contributed by atoms with Crippen LogP contribution in [0.15, 0.2) is 24.0 Å². The van der Waals surface area contributed by atoms with E-state index in [1.54, 1.807) is 18.2 Å². The van der Waals surface area contributed by atoms with Gasteiger partial charge in [0.15, 0.2) is 0 Å². The van der Waals surface area contributed by atoms with E-state index >= 15 is 0 Å². The van der Waals surface area contributed by atoms with Gasteiger partial charge in [-0.2, -0.15) is 0 Å². The second-order valence-corrected chi connectivity index (χ2v) is 12.1. The standard InChI is InChI=1S/C27H44N4O9S/c1-31(2)15-20(26(38)10-5-4-6-11-26)27(39)12-9-17(40-3)13-21(27)41-16-19(24(35)29-14-23(33)34)30-22(32)8-7-18(28)25(36)37/h9,12-13,18-21,38-39H,4-8,10-11,14-16,28H2,1-3H3,(H,29,35)(H,30,32)(H,33,34)(H,36,37)/t18?,19?,20?,21-,27?/m0/s1. The second-order valence-electron chi connectivity index (χ2n) is 10.9. The van der Waals surface area contributed by atoms with E-state index < -0.39 is 64.8 Å². The molecule has 0 aromatic heterocycles. The van der Waals surface area contributed by atoms with Crippen LogP contribution in [0.5, 0.6) is 0 Å². The van der Waals surface area contributed by atoms with Crippen molar-refractivity contribution in [3.8, 4) is 0 Å². The summed E-state index contributed by atoms with van der Waals surface area (Å²) in [5, 5.41) is 46.1. The van der Waals surface area contributed by atoms with Crippen LogP contribution in [-0.2, 0) is 23.9 Å². The van der Waals surface area contributed by atoms with Gasteiger partial charge >= 0.3 is 11.9 Å². The average molecular weight is 601 g/mol. The monoisotopic (exact) mass is 600 g/mol. The Labute approximate surface area is 244 Å². The molecule has 2 aliphatic rings. The number of rotatable bonds is 16. The highest BCUT2D eigenvalue weighted by atomic mass is 32.2. The molecule has 0 bridgehead atoms. The van der Waals surface area contributed by atoms with Crippen LogP contribution in [0, 0.1) is 5.92 Å². The zero-order chi connectivity index (χ0) is 30.8. The number of carbonyl (C=O) groups is 4. The molecule has 0 spiro atoms. The van der Waals surface area contributed by atoms with Crippen molar-refractivity contribution in [2.45, 2.75) is 73.5 Å². The molecule has 0 radical (unpaired) electrons. The topological polar surface area (TPSA) is 212 Å². The van der Waals surface area contributed by atoms with E-state index in [9.17, 15) is 29.4 Å². The Hall–Kier alpha value is -2.65. The van der Waals surface area contributed by atoms with Crippen LogP contribution in [-0.4, -0.2) is 118 Å². The molecule has 0 heterocycles. The Morgan fingerprint density at radius 3 is 2.39 bits per heavy atom. The Bertz CT molecular complexity index is 999. The lowest BCUT2D eigenvalue weighted by molar-refractivity contribution is -0.139. The number of aliphatic carboxylic acids is 2. The minimum atomic E-state index is -1.55. The van der Waals surface area contributed by atoms with Gasteiger partial charge in [-0.15, -0.1) is 11.8 Å². The molecular weight excluding hydrogens is 556 g/mol. The summed E-state index contributed by atoms with van der Waals surface area (Å²) in [4.78, 5) is 49.4. The van der Waals surface area contributed by atoms with Gasteiger partial charge in [0.05, 0.1) is 18.0 Å². The highest BCUT2D eigenvalue weighted by Crippen LogP contribution is 2.46. The van der Waals surface area contributed by atoms with E-state index in [1.807, 2.05) is 19.0 Å². The maximum absolute atomic E-state index is 12.9. The van der Waals surface area contributed by atoms with Crippen molar-refractivity contribution >= 4 is 35.5 Å². The summed E-state index contributed by atoms with van der Waals surface area (Å²) in [5.41, 5.74) is 2.80. The third-order valence-corrected chi connectivity index (χ3v) is 8.90. The number of amides is 2. The van der Waals surface area contributed by atoms with Crippen molar-refractivity contribution in [1.29, 1.82) is 0 Å². The highest BCUT2D eigenvalue weighted by molar-refractivity contribution is 8.00. The molecule has 232 valence electrons. The van der Waals surface area contributed by atoms with Crippen molar-refractivity contribution in [3.05, 3.63) is 24.0 Å². The number of carboxylic acids is 2. The van der Waals surface area contributed by atoms with Gasteiger partial charge in [-0.1, -0.05) is 19.3 Å². The summed E-state index contributed by atoms with van der Waals surface area (Å²) in [6, 6.07) is -2.46. The number of nitrogens with two attached hydrogens (primary N) is 1. The van der Waals surface area contributed by atoms with Crippen LogP contribution < -0.4 is 16.4 Å². The number of allylic oxidation sites excluding steroid dienone is 1. The largest absolute Gasteiger partial charge is 0.497 e. The van der Waals surface area contributed by atoms with Gasteiger partial charge in [0.1, 0.15) is 30.0 Å². The smallest absolute Gasteiger partial charge is 0.322 e. The summed E-state index contributed by atoms with van der Waals surface area (Å²) in [6.07, 6.45) is 8.30. The Morgan fingerprint density at radius 2 is 1.83 bits per heavy atom. The predicted molar refractivity (Wildman–Crippen MR) is 153 cm³/mol. The summed E-state index contributed by atoms with van der Waals surface area (Å²) in [6.45, 7) is -0.283. The highest BCUT2D eigenvalue weighted by Gasteiger charge is 2.53. The van der Waals surface area contributed by atoms with Crippen molar-refractivity contribution < 1.29 is 44.3 Å². The molecule has 0 saturated heterocycles. The second kappa shape index (κ2) is 15.5. The Balaban J connectivity index is 2.32. The van der Waals surface area contributed by atoms with Crippen molar-refractivity contribution in [2.75, 3.05) is 40.0 Å². The van der Waals surface area contributed by atoms with Crippen LogP contribution in [0.1, 0.15) is 44.9 Å². The number of nitrogens with zero attached hydrogens (tertiary/aromatic N) is 1. The minimum Gasteiger partial charge on any atom is -0.497 e. The number of carbonyl (C=O) groups excluding carboxylic acids is 2. The molecule has 41 heavy (non-hydrogen) atoms. The first kappa shape index (κ1) is 34.6. The summed E-state index contributed by atoms with van der Waals surface area (Å²) >= 11 is 1.15. The van der Waals surface area contributed by atoms with Gasteiger partial charge in [-0.25, -0.2) is 0 Å². The lowest BCUT2D eigenvalue weighted by atomic mass is 9.66. The number of nitrogens with one attached hydrogen (secondary N) is 2. The van der Waals surface area contributed by atoms with Gasteiger partial charge in [-0.3, -0.25) is 19.2 Å². The first-order valence-corrected chi connectivity index (χ1v) is 14.7. The molecule has 0 aliphatic heterocycles. The lowest BCUT2D eigenvalue weighted by Crippen LogP contribution is -2.60. The van der Waals surface area contributed by atoms with Crippen LogP contribution in [0.4, 0.5) is 0 Å². The molecule has 4 unspecified atom stereocenters. The van der Waals surface area contributed by atoms with Gasteiger partial charge in [0, 0.05) is 24.6 Å². The average Bonchev–Trinajstić information content (AvgIpc) is 2.92. The van der Waals surface area contributed by atoms with E-state index in [1.165, 1.54) is 7.11 Å². The van der Waals surface area contributed by atoms with E-state index in [-0.39, 0.29) is 18.6 Å². The van der Waals surface area contributed by atoms with Crippen LogP contribution in [0.2, 0.25) is 0 Å². The third-order valence-electron chi connectivity index (χ3n) is 7.50. The first-order valence-electron chi connectivity index (χ1n) is 13.6. The Morgan fingerprint density at radius 1 is 1.17 bits per heavy atom. The van der Waals surface area contributed by atoms with E-state index in [0.29, 0.717) is 25.1 Å². The van der Waals surface area contributed by atoms with Crippen molar-refractivity contribution in [1.82, 2.24) is 15.5 Å². The summed E-state index contributed by atoms with van der Waals surface area (Å²) in [5.74, 6) is -4.10. The number of aliphatic hydroxyl groups is 2. The molecule has 0 aromatic carbocycles. The maximum atomic E-state index is 12.9. The number of hydrogen-bond acceptors (Lipinski definition) is 10. The fraction of sp³-hybridized carbons (Fsp3) is 0.704. The molecule has 2 aliphatic carbocycles. The van der Waals surface area contributed by atoms with E-state index in [2.05, 4.69) is 10.6 Å². The SMILES string of the molecule is COC1=C[C@H](SCC(NC(=O)CCC(N)C(=O)O)C(=O)NCC(=O)O)C(O)(C(CN(C)C)C2(O)CCCCC2)C=C1. The zero-order valence-corrected chi connectivity index (χ0v) is 24.7. The lowest BCUT2D eigenvalue weighted by Gasteiger charge is -2.50. The molecule has 1 saturated carbocycles. The summed E-state index contributed by atoms with van der Waals surface area (Å²) < 4.78 is 5.41. The van der Waals surface area contributed by atoms with Crippen LogP contribution in [0.3, 0.4) is 0 Å². The van der Waals surface area contributed by atoms with Gasteiger partial charge < -0.3 is 46.4 Å². The first-order chi connectivity index (χ1) is 19.2. The molecule has 14 heteroatoms. The van der Waals surface area contributed by atoms with Crippen LogP contribution >= 0.6 is 11.8 Å². The fourth-order valence-corrected chi connectivity index (χ4v) is 6.62. The molecule has 8 N–H and O–H groups in total. The normalized spacial score (nSPS) is 24.1. The number of thioether (sulfide) groups is 1. The van der Waals surface area contributed by atoms with Gasteiger partial charge in [0.25, 0.3) is 0 Å². The number of ether oxygens (including phenoxy) is 1. The summed E-state index contributed by atoms with van der Waals surface area (Å²) in [7, 11) is 5.21. The zero-order valence-electron chi connectivity index (χ0n) is 23.9. The molecule has 0 aromatic rings. The number of methoxy groups -OCH3 is 1. The molecule has 1 fully saturated rings. The molecule has 5 atom stereocenters. The van der Waals surface area contributed by atoms with E-state index in [4.69, 9.17) is 20.7 Å². The molecule has 2 rings (SSSR count). The quantitative estimate of drug-likeness (QED) is 0.121. The van der Waals surface area contributed by atoms with Gasteiger partial charge in [0.2, 0.25) is 11.8 Å². The molecular formula is C27H44N4O9S. The van der Waals surface area contributed by atoms with Crippen molar-refractivity contribution in [3.63, 3.8) is 0 Å².